The Morgan fingerprint density at radius 1 is 1.44 bits per heavy atom. The van der Waals surface area contributed by atoms with Gasteiger partial charge in [0.2, 0.25) is 0 Å². The maximum Gasteiger partial charge on any atom is 0.468 e. The van der Waals surface area contributed by atoms with Crippen LogP contribution in [-0.2, 0) is 20.8 Å². The van der Waals surface area contributed by atoms with Gasteiger partial charge < -0.3 is 14.7 Å². The minimum atomic E-state index is -0.776. The monoisotopic (exact) mass is 251 g/mol. The summed E-state index contributed by atoms with van der Waals surface area (Å²) in [6.07, 6.45) is -0.253. The predicted octanol–water partition coefficient (Wildman–Crippen LogP) is 1.23. The van der Waals surface area contributed by atoms with Crippen LogP contribution in [0, 0.1) is 0 Å². The molecule has 1 aliphatic rings. The first-order valence-corrected chi connectivity index (χ1v) is 5.57. The van der Waals surface area contributed by atoms with E-state index < -0.39 is 18.1 Å². The zero-order valence-electron chi connectivity index (χ0n) is 9.83. The summed E-state index contributed by atoms with van der Waals surface area (Å²) in [5.41, 5.74) is 0.800. The van der Waals surface area contributed by atoms with Crippen LogP contribution >= 0.6 is 0 Å². The number of nitrogens with zero attached hydrogens (tertiary/aromatic N) is 1. The molecule has 1 N–H and O–H groups in total. The van der Waals surface area contributed by atoms with E-state index in [9.17, 15) is 9.59 Å². The van der Waals surface area contributed by atoms with Crippen molar-refractivity contribution in [1.82, 2.24) is 5.06 Å². The minimum absolute atomic E-state index is 0.144. The van der Waals surface area contributed by atoms with Crippen LogP contribution in [0.15, 0.2) is 24.3 Å². The van der Waals surface area contributed by atoms with Crippen LogP contribution in [0.5, 0.6) is 5.75 Å². The molecule has 6 nitrogen and oxygen atoms in total. The topological polar surface area (TPSA) is 79.1 Å². The summed E-state index contributed by atoms with van der Waals surface area (Å²) in [7, 11) is 0. The van der Waals surface area contributed by atoms with Crippen LogP contribution in [0.3, 0.4) is 0 Å². The Hall–Kier alpha value is -2.24. The highest BCUT2D eigenvalue weighted by atomic mass is 16.9. The van der Waals surface area contributed by atoms with Crippen LogP contribution < -0.4 is 0 Å². The number of aromatic hydroxyl groups is 1. The molecule has 1 atom stereocenters. The van der Waals surface area contributed by atoms with Crippen molar-refractivity contribution < 1.29 is 24.3 Å². The summed E-state index contributed by atoms with van der Waals surface area (Å²) in [5.74, 6) is -0.359. The second-order valence-electron chi connectivity index (χ2n) is 3.82. The van der Waals surface area contributed by atoms with E-state index in [1.165, 1.54) is 12.1 Å². The van der Waals surface area contributed by atoms with Crippen LogP contribution in [-0.4, -0.2) is 34.9 Å². The molecule has 0 unspecified atom stereocenters. The molecule has 1 saturated heterocycles. The molecule has 1 aliphatic heterocycles. The molecule has 1 aromatic carbocycles. The largest absolute Gasteiger partial charge is 0.508 e. The van der Waals surface area contributed by atoms with Gasteiger partial charge >= 0.3 is 12.1 Å². The third-order valence-electron chi connectivity index (χ3n) is 2.53. The Morgan fingerprint density at radius 2 is 2.06 bits per heavy atom. The number of hydrogen-bond acceptors (Lipinski definition) is 5. The molecule has 1 fully saturated rings. The average Bonchev–Trinajstić information content (AvgIpc) is 3.05. The Balaban J connectivity index is 2.07. The SMILES string of the molecule is CCOC(=O)[C@H](Cc1ccc(O)cc1)N1OC1=O. The van der Waals surface area contributed by atoms with Crippen molar-refractivity contribution in [3.05, 3.63) is 29.8 Å². The standard InChI is InChI=1S/C12H13NO5/c1-2-17-11(15)10(13-12(16)18-13)7-8-3-5-9(14)6-4-8/h3-6,10,14H,2,7H2,1H3/t10-,13?/m0/s1. The highest BCUT2D eigenvalue weighted by molar-refractivity contribution is 5.86. The fourth-order valence-corrected chi connectivity index (χ4v) is 1.61. The Kier molecular flexibility index (Phi) is 3.36. The van der Waals surface area contributed by atoms with Crippen molar-refractivity contribution in [2.24, 2.45) is 0 Å². The second-order valence-corrected chi connectivity index (χ2v) is 3.82. The molecule has 1 amide bonds. The highest BCUT2D eigenvalue weighted by Crippen LogP contribution is 2.22. The number of esters is 1. The Bertz CT molecular complexity index is 456. The highest BCUT2D eigenvalue weighted by Gasteiger charge is 2.46. The number of rotatable bonds is 5. The average molecular weight is 251 g/mol. The minimum Gasteiger partial charge on any atom is -0.508 e. The van der Waals surface area contributed by atoms with E-state index in [2.05, 4.69) is 4.84 Å². The normalized spacial score (nSPS) is 14.9. The van der Waals surface area contributed by atoms with E-state index in [4.69, 9.17) is 9.84 Å². The van der Waals surface area contributed by atoms with Crippen LogP contribution in [0.1, 0.15) is 12.5 Å². The molecule has 0 bridgehead atoms. The fourth-order valence-electron chi connectivity index (χ4n) is 1.61. The van der Waals surface area contributed by atoms with Gasteiger partial charge in [0.15, 0.2) is 6.04 Å². The first-order valence-electron chi connectivity index (χ1n) is 5.57. The Labute approximate surface area is 104 Å². The van der Waals surface area contributed by atoms with Gasteiger partial charge in [-0.1, -0.05) is 12.1 Å². The number of hydroxylamine groups is 2. The number of hydrogen-bond donors (Lipinski definition) is 1. The molecule has 6 heteroatoms. The molecule has 0 aromatic heterocycles. The fraction of sp³-hybridized carbons (Fsp3) is 0.333. The lowest BCUT2D eigenvalue weighted by Gasteiger charge is -2.12. The van der Waals surface area contributed by atoms with Crippen molar-refractivity contribution in [2.75, 3.05) is 6.61 Å². The second kappa shape index (κ2) is 4.95. The quantitative estimate of drug-likeness (QED) is 0.629. The maximum atomic E-state index is 11.7. The number of benzene rings is 1. The molecule has 0 saturated carbocycles. The zero-order valence-corrected chi connectivity index (χ0v) is 9.83. The molecule has 0 radical (unpaired) electrons. The van der Waals surface area contributed by atoms with Gasteiger partial charge in [0.05, 0.1) is 6.61 Å². The van der Waals surface area contributed by atoms with Gasteiger partial charge in [0.1, 0.15) is 5.75 Å². The molecule has 1 heterocycles. The van der Waals surface area contributed by atoms with E-state index in [-0.39, 0.29) is 18.8 Å². The number of carbonyl (C=O) groups is 2. The van der Waals surface area contributed by atoms with Gasteiger partial charge in [-0.3, -0.25) is 0 Å². The van der Waals surface area contributed by atoms with Crippen molar-refractivity contribution in [3.8, 4) is 5.75 Å². The predicted molar refractivity (Wildman–Crippen MR) is 60.6 cm³/mol. The van der Waals surface area contributed by atoms with Crippen LogP contribution in [0.2, 0.25) is 0 Å². The smallest absolute Gasteiger partial charge is 0.468 e. The van der Waals surface area contributed by atoms with Gasteiger partial charge in [0.25, 0.3) is 0 Å². The molecule has 2 rings (SSSR count). The lowest BCUT2D eigenvalue weighted by molar-refractivity contribution is -0.149. The first kappa shape index (κ1) is 12.2. The van der Waals surface area contributed by atoms with E-state index >= 15 is 0 Å². The number of amides is 1. The van der Waals surface area contributed by atoms with Crippen LogP contribution in [0.4, 0.5) is 4.79 Å². The van der Waals surface area contributed by atoms with Gasteiger partial charge in [-0.15, -0.1) is 5.06 Å². The zero-order chi connectivity index (χ0) is 13.1. The molecule has 96 valence electrons. The van der Waals surface area contributed by atoms with Gasteiger partial charge in [-0.05, 0) is 24.6 Å². The van der Waals surface area contributed by atoms with Gasteiger partial charge in [-0.2, -0.15) is 0 Å². The van der Waals surface area contributed by atoms with Crippen molar-refractivity contribution in [2.45, 2.75) is 19.4 Å². The molecule has 0 spiro atoms. The summed E-state index contributed by atoms with van der Waals surface area (Å²) in [6.45, 7) is 1.94. The van der Waals surface area contributed by atoms with Crippen LogP contribution in [0.25, 0.3) is 0 Å². The summed E-state index contributed by atoms with van der Waals surface area (Å²) < 4.78 is 4.89. The van der Waals surface area contributed by atoms with Crippen molar-refractivity contribution >= 4 is 12.1 Å². The third-order valence-corrected chi connectivity index (χ3v) is 2.53. The number of phenols is 1. The maximum absolute atomic E-state index is 11.7. The van der Waals surface area contributed by atoms with Gasteiger partial charge in [0, 0.05) is 6.42 Å². The van der Waals surface area contributed by atoms with Gasteiger partial charge in [-0.25, -0.2) is 9.59 Å². The molecule has 18 heavy (non-hydrogen) atoms. The van der Waals surface area contributed by atoms with E-state index in [0.717, 1.165) is 10.6 Å². The number of ether oxygens (including phenoxy) is 1. The van der Waals surface area contributed by atoms with E-state index in [0.29, 0.717) is 0 Å². The molecular weight excluding hydrogens is 238 g/mol. The summed E-state index contributed by atoms with van der Waals surface area (Å²) in [4.78, 5) is 27.2. The molecule has 1 aromatic rings. The van der Waals surface area contributed by atoms with E-state index in [1.807, 2.05) is 0 Å². The number of carbonyl (C=O) groups excluding carboxylic acids is 2. The lowest BCUT2D eigenvalue weighted by atomic mass is 10.1. The van der Waals surface area contributed by atoms with Crippen molar-refractivity contribution in [3.63, 3.8) is 0 Å². The first-order chi connectivity index (χ1) is 8.61. The van der Waals surface area contributed by atoms with Crippen molar-refractivity contribution in [1.29, 1.82) is 0 Å². The van der Waals surface area contributed by atoms with E-state index in [1.54, 1.807) is 19.1 Å². The lowest BCUT2D eigenvalue weighted by Crippen LogP contribution is -2.33. The summed E-state index contributed by atoms with van der Waals surface area (Å²) >= 11 is 0. The number of phenolic OH excluding ortho intramolecular Hbond substituents is 1. The Morgan fingerprint density at radius 3 is 2.56 bits per heavy atom. The summed E-state index contributed by atoms with van der Waals surface area (Å²) in [6, 6.07) is 5.61. The third kappa shape index (κ3) is 2.71. The summed E-state index contributed by atoms with van der Waals surface area (Å²) in [5, 5.41) is 10.2. The molecular formula is C12H13NO5. The molecule has 0 aliphatic carbocycles.